The van der Waals surface area contributed by atoms with Crippen LogP contribution in [-0.2, 0) is 16.1 Å². The summed E-state index contributed by atoms with van der Waals surface area (Å²) in [6.07, 6.45) is 1.69. The van der Waals surface area contributed by atoms with Crippen LogP contribution in [0.15, 0.2) is 24.4 Å². The molecular weight excluding hydrogens is 236 g/mol. The minimum absolute atomic E-state index is 0.0721. The highest BCUT2D eigenvalue weighted by molar-refractivity contribution is 5.88. The molecule has 0 amide bonds. The number of hydrogen-bond acceptors (Lipinski definition) is 4. The third kappa shape index (κ3) is 2.66. The number of aromatic nitrogens is 1. The number of non-ortho nitro benzene ring substituents is 1. The van der Waals surface area contributed by atoms with E-state index >= 15 is 0 Å². The van der Waals surface area contributed by atoms with Gasteiger partial charge in [-0.1, -0.05) is 0 Å². The summed E-state index contributed by atoms with van der Waals surface area (Å²) in [6, 6.07) is 5.22. The van der Waals surface area contributed by atoms with Crippen molar-refractivity contribution < 1.29 is 14.4 Å². The SMILES string of the molecule is COCCOCc1cc([N+](=O)[O-])c2[nH]ccc2c1. The predicted octanol–water partition coefficient (Wildman–Crippen LogP) is 2.24. The molecule has 0 spiro atoms. The van der Waals surface area contributed by atoms with Crippen molar-refractivity contribution in [3.8, 4) is 0 Å². The number of ether oxygens (including phenoxy) is 2. The number of nitro benzene ring substituents is 1. The maximum absolute atomic E-state index is 11.0. The van der Waals surface area contributed by atoms with Crippen molar-refractivity contribution >= 4 is 16.6 Å². The van der Waals surface area contributed by atoms with E-state index in [-0.39, 0.29) is 5.69 Å². The third-order valence-electron chi connectivity index (χ3n) is 2.60. The zero-order chi connectivity index (χ0) is 13.0. The summed E-state index contributed by atoms with van der Waals surface area (Å²) in [7, 11) is 1.60. The van der Waals surface area contributed by atoms with Crippen LogP contribution in [0.5, 0.6) is 0 Å². The van der Waals surface area contributed by atoms with Gasteiger partial charge in [0.15, 0.2) is 0 Å². The number of aromatic amines is 1. The Balaban J connectivity index is 2.20. The zero-order valence-electron chi connectivity index (χ0n) is 10.0. The number of hydrogen-bond donors (Lipinski definition) is 1. The fourth-order valence-corrected chi connectivity index (χ4v) is 1.77. The van der Waals surface area contributed by atoms with Gasteiger partial charge in [-0.25, -0.2) is 0 Å². The van der Waals surface area contributed by atoms with Crippen LogP contribution < -0.4 is 0 Å². The Labute approximate surface area is 104 Å². The van der Waals surface area contributed by atoms with Gasteiger partial charge >= 0.3 is 0 Å². The average Bonchev–Trinajstić information content (AvgIpc) is 2.81. The van der Waals surface area contributed by atoms with Gasteiger partial charge in [-0.2, -0.15) is 0 Å². The summed E-state index contributed by atoms with van der Waals surface area (Å²) in [5, 5.41) is 11.8. The first kappa shape index (κ1) is 12.5. The Kier molecular flexibility index (Phi) is 3.91. The number of nitrogens with zero attached hydrogens (tertiary/aromatic N) is 1. The third-order valence-corrected chi connectivity index (χ3v) is 2.60. The van der Waals surface area contributed by atoms with E-state index in [0.29, 0.717) is 25.3 Å². The summed E-state index contributed by atoms with van der Waals surface area (Å²) in [5.41, 5.74) is 1.40. The Bertz CT molecular complexity index is 550. The van der Waals surface area contributed by atoms with Crippen molar-refractivity contribution in [2.75, 3.05) is 20.3 Å². The molecule has 2 aromatic rings. The lowest BCUT2D eigenvalue weighted by molar-refractivity contribution is -0.383. The molecule has 6 heteroatoms. The van der Waals surface area contributed by atoms with Crippen LogP contribution in [0.4, 0.5) is 5.69 Å². The summed E-state index contributed by atoms with van der Waals surface area (Å²) in [4.78, 5) is 13.4. The zero-order valence-corrected chi connectivity index (χ0v) is 10.0. The van der Waals surface area contributed by atoms with Gasteiger partial charge in [0.2, 0.25) is 0 Å². The van der Waals surface area contributed by atoms with Gasteiger partial charge in [0.1, 0.15) is 5.52 Å². The molecule has 0 fully saturated rings. The van der Waals surface area contributed by atoms with E-state index in [1.807, 2.05) is 6.07 Å². The molecule has 6 nitrogen and oxygen atoms in total. The lowest BCUT2D eigenvalue weighted by Crippen LogP contribution is -2.02. The quantitative estimate of drug-likeness (QED) is 0.484. The van der Waals surface area contributed by atoms with Gasteiger partial charge in [-0.15, -0.1) is 0 Å². The van der Waals surface area contributed by atoms with Crippen molar-refractivity contribution in [3.05, 3.63) is 40.1 Å². The number of benzene rings is 1. The fraction of sp³-hybridized carbons (Fsp3) is 0.333. The van der Waals surface area contributed by atoms with Gasteiger partial charge in [0.25, 0.3) is 5.69 Å². The second-order valence-corrected chi connectivity index (χ2v) is 3.86. The lowest BCUT2D eigenvalue weighted by Gasteiger charge is -2.04. The smallest absolute Gasteiger partial charge is 0.293 e. The molecule has 18 heavy (non-hydrogen) atoms. The predicted molar refractivity (Wildman–Crippen MR) is 66.5 cm³/mol. The number of nitrogens with one attached hydrogen (secondary N) is 1. The molecule has 1 N–H and O–H groups in total. The molecule has 0 saturated carbocycles. The van der Waals surface area contributed by atoms with Crippen molar-refractivity contribution in [2.24, 2.45) is 0 Å². The van der Waals surface area contributed by atoms with E-state index in [4.69, 9.17) is 9.47 Å². The molecule has 0 unspecified atom stereocenters. The van der Waals surface area contributed by atoms with Crippen molar-refractivity contribution in [1.29, 1.82) is 0 Å². The van der Waals surface area contributed by atoms with Crippen LogP contribution >= 0.6 is 0 Å². The first-order chi connectivity index (χ1) is 8.72. The van der Waals surface area contributed by atoms with Crippen molar-refractivity contribution in [1.82, 2.24) is 4.98 Å². The molecule has 1 heterocycles. The molecule has 0 aliphatic rings. The highest BCUT2D eigenvalue weighted by Crippen LogP contribution is 2.26. The second-order valence-electron chi connectivity index (χ2n) is 3.86. The molecule has 1 aromatic heterocycles. The number of H-pyrrole nitrogens is 1. The second kappa shape index (κ2) is 5.61. The van der Waals surface area contributed by atoms with Crippen LogP contribution in [0.2, 0.25) is 0 Å². The maximum Gasteiger partial charge on any atom is 0.293 e. The Hall–Kier alpha value is -1.92. The van der Waals surface area contributed by atoms with Gasteiger partial charge in [0, 0.05) is 24.8 Å². The normalized spacial score (nSPS) is 10.9. The molecular formula is C12H14N2O4. The van der Waals surface area contributed by atoms with Crippen molar-refractivity contribution in [3.63, 3.8) is 0 Å². The maximum atomic E-state index is 11.0. The van der Waals surface area contributed by atoms with Gasteiger partial charge in [0.05, 0.1) is 24.7 Å². The molecule has 0 bridgehead atoms. The van der Waals surface area contributed by atoms with Crippen molar-refractivity contribution in [2.45, 2.75) is 6.61 Å². The van der Waals surface area contributed by atoms with E-state index in [1.54, 1.807) is 19.4 Å². The minimum Gasteiger partial charge on any atom is -0.382 e. The van der Waals surface area contributed by atoms with Crippen LogP contribution in [0, 0.1) is 10.1 Å². The molecule has 2 rings (SSSR count). The summed E-state index contributed by atoms with van der Waals surface area (Å²) >= 11 is 0. The Morgan fingerprint density at radius 2 is 2.22 bits per heavy atom. The van der Waals surface area contributed by atoms with Gasteiger partial charge in [-0.3, -0.25) is 10.1 Å². The molecule has 0 aliphatic heterocycles. The highest BCUT2D eigenvalue weighted by atomic mass is 16.6. The monoisotopic (exact) mass is 250 g/mol. The van der Waals surface area contributed by atoms with Crippen LogP contribution in [0.3, 0.4) is 0 Å². The summed E-state index contributed by atoms with van der Waals surface area (Å²) in [5.74, 6) is 0. The first-order valence-electron chi connectivity index (χ1n) is 5.53. The van der Waals surface area contributed by atoms with Crippen LogP contribution in [0.1, 0.15) is 5.56 Å². The van der Waals surface area contributed by atoms with E-state index in [0.717, 1.165) is 10.9 Å². The summed E-state index contributed by atoms with van der Waals surface area (Å²) in [6.45, 7) is 1.31. The molecule has 1 aromatic carbocycles. The topological polar surface area (TPSA) is 77.4 Å². The average molecular weight is 250 g/mol. The summed E-state index contributed by atoms with van der Waals surface area (Å²) < 4.78 is 10.2. The number of rotatable bonds is 6. The van der Waals surface area contributed by atoms with Crippen LogP contribution in [-0.4, -0.2) is 30.2 Å². The standard InChI is InChI=1S/C12H14N2O4/c1-17-4-5-18-8-9-6-10-2-3-13-12(10)11(7-9)14(15)16/h2-3,6-7,13H,4-5,8H2,1H3. The lowest BCUT2D eigenvalue weighted by atomic mass is 10.1. The molecule has 0 aliphatic carbocycles. The van der Waals surface area contributed by atoms with Gasteiger partial charge < -0.3 is 14.5 Å². The van der Waals surface area contributed by atoms with Crippen LogP contribution in [0.25, 0.3) is 10.9 Å². The number of nitro groups is 1. The van der Waals surface area contributed by atoms with E-state index in [9.17, 15) is 10.1 Å². The minimum atomic E-state index is -0.391. The molecule has 0 radical (unpaired) electrons. The number of fused-ring (bicyclic) bond motifs is 1. The van der Waals surface area contributed by atoms with E-state index < -0.39 is 4.92 Å². The number of methoxy groups -OCH3 is 1. The first-order valence-corrected chi connectivity index (χ1v) is 5.53. The fourth-order valence-electron chi connectivity index (χ4n) is 1.77. The Morgan fingerprint density at radius 1 is 1.39 bits per heavy atom. The Morgan fingerprint density at radius 3 is 2.94 bits per heavy atom. The van der Waals surface area contributed by atoms with E-state index in [2.05, 4.69) is 4.98 Å². The molecule has 96 valence electrons. The van der Waals surface area contributed by atoms with Gasteiger partial charge in [-0.05, 0) is 17.7 Å². The molecule has 0 atom stereocenters. The van der Waals surface area contributed by atoms with E-state index in [1.165, 1.54) is 6.07 Å². The largest absolute Gasteiger partial charge is 0.382 e. The molecule has 0 saturated heterocycles. The highest BCUT2D eigenvalue weighted by Gasteiger charge is 2.14.